The highest BCUT2D eigenvalue weighted by Gasteiger charge is 2.56. The average Bonchev–Trinajstić information content (AvgIpc) is 3.26. The number of benzene rings is 1. The van der Waals surface area contributed by atoms with Crippen molar-refractivity contribution in [3.8, 4) is 11.1 Å². The van der Waals surface area contributed by atoms with E-state index in [1.54, 1.807) is 6.20 Å². The smallest absolute Gasteiger partial charge is 0.235 e. The highest BCUT2D eigenvalue weighted by molar-refractivity contribution is 6.08. The van der Waals surface area contributed by atoms with Crippen LogP contribution >= 0.6 is 0 Å². The first kappa shape index (κ1) is 12.9. The monoisotopic (exact) mass is 266 g/mol. The van der Waals surface area contributed by atoms with Crippen molar-refractivity contribution in [2.24, 2.45) is 0 Å². The summed E-state index contributed by atoms with van der Waals surface area (Å²) in [6.07, 6.45) is 5.57. The van der Waals surface area contributed by atoms with Gasteiger partial charge >= 0.3 is 0 Å². The molecule has 2 aliphatic rings. The second-order valence-corrected chi connectivity index (χ2v) is 5.04. The van der Waals surface area contributed by atoms with Gasteiger partial charge in [0, 0.05) is 23.6 Å². The molecule has 1 aromatic carbocycles. The minimum absolute atomic E-state index is 0.167. The molecule has 102 valence electrons. The SMILES string of the molecule is CC.O=C1Nc2cc(-c3cccnc3)ccc2C12CC2. The number of nitrogens with one attached hydrogen (secondary N) is 1. The summed E-state index contributed by atoms with van der Waals surface area (Å²) in [5, 5.41) is 3.00. The Kier molecular flexibility index (Phi) is 3.05. The molecule has 0 saturated heterocycles. The van der Waals surface area contributed by atoms with Crippen LogP contribution in [0.2, 0.25) is 0 Å². The zero-order chi connectivity index (χ0) is 14.2. The van der Waals surface area contributed by atoms with Gasteiger partial charge in [0.2, 0.25) is 5.91 Å². The molecule has 0 radical (unpaired) electrons. The standard InChI is InChI=1S/C15H12N2O.C2H6/c18-14-15(5-6-15)12-4-3-10(8-13(12)17-14)11-2-1-7-16-9-11;1-2/h1-4,7-9H,5-6H2,(H,17,18);1-2H3. The number of rotatable bonds is 1. The first-order valence-corrected chi connectivity index (χ1v) is 7.16. The maximum atomic E-state index is 11.9. The van der Waals surface area contributed by atoms with Crippen LogP contribution in [0.4, 0.5) is 5.69 Å². The Morgan fingerprint density at radius 3 is 2.60 bits per heavy atom. The van der Waals surface area contributed by atoms with Crippen LogP contribution in [-0.4, -0.2) is 10.9 Å². The summed E-state index contributed by atoms with van der Waals surface area (Å²) < 4.78 is 0. The fraction of sp³-hybridized carbons (Fsp3) is 0.294. The van der Waals surface area contributed by atoms with Crippen LogP contribution in [0.3, 0.4) is 0 Å². The third kappa shape index (κ3) is 1.82. The van der Waals surface area contributed by atoms with Gasteiger partial charge < -0.3 is 5.32 Å². The predicted molar refractivity (Wildman–Crippen MR) is 80.6 cm³/mol. The third-order valence-electron chi connectivity index (χ3n) is 3.96. The molecule has 1 N–H and O–H groups in total. The number of amides is 1. The average molecular weight is 266 g/mol. The largest absolute Gasteiger partial charge is 0.325 e. The molecule has 1 amide bonds. The minimum atomic E-state index is -0.192. The Bertz CT molecular complexity index is 645. The molecule has 3 heteroatoms. The molecule has 0 bridgehead atoms. The molecule has 3 nitrogen and oxygen atoms in total. The molecule has 0 unspecified atom stereocenters. The molecule has 2 aromatic rings. The van der Waals surface area contributed by atoms with Gasteiger partial charge in [-0.05, 0) is 36.1 Å². The van der Waals surface area contributed by atoms with Crippen molar-refractivity contribution < 1.29 is 4.79 Å². The number of anilines is 1. The van der Waals surface area contributed by atoms with Crippen LogP contribution in [0.25, 0.3) is 11.1 Å². The highest BCUT2D eigenvalue weighted by atomic mass is 16.2. The fourth-order valence-electron chi connectivity index (χ4n) is 2.76. The van der Waals surface area contributed by atoms with Crippen molar-refractivity contribution in [2.75, 3.05) is 5.32 Å². The van der Waals surface area contributed by atoms with Crippen LogP contribution < -0.4 is 5.32 Å². The number of aromatic nitrogens is 1. The molecule has 1 fully saturated rings. The summed E-state index contributed by atoms with van der Waals surface area (Å²) in [4.78, 5) is 16.1. The van der Waals surface area contributed by atoms with Crippen molar-refractivity contribution in [2.45, 2.75) is 32.1 Å². The van der Waals surface area contributed by atoms with Gasteiger partial charge in [-0.3, -0.25) is 9.78 Å². The number of hydrogen-bond acceptors (Lipinski definition) is 2. The van der Waals surface area contributed by atoms with Crippen molar-refractivity contribution in [3.63, 3.8) is 0 Å². The topological polar surface area (TPSA) is 42.0 Å². The van der Waals surface area contributed by atoms with Crippen molar-refractivity contribution in [3.05, 3.63) is 48.3 Å². The Morgan fingerprint density at radius 2 is 1.95 bits per heavy atom. The van der Waals surface area contributed by atoms with E-state index in [9.17, 15) is 4.79 Å². The van der Waals surface area contributed by atoms with E-state index in [2.05, 4.69) is 28.5 Å². The van der Waals surface area contributed by atoms with E-state index >= 15 is 0 Å². The van der Waals surface area contributed by atoms with Crippen LogP contribution in [0.5, 0.6) is 0 Å². The molecule has 1 aromatic heterocycles. The van der Waals surface area contributed by atoms with Gasteiger partial charge in [-0.2, -0.15) is 0 Å². The number of carbonyl (C=O) groups is 1. The van der Waals surface area contributed by atoms with Gasteiger partial charge in [-0.15, -0.1) is 0 Å². The van der Waals surface area contributed by atoms with Gasteiger partial charge in [-0.25, -0.2) is 0 Å². The molecular weight excluding hydrogens is 248 g/mol. The normalized spacial score (nSPS) is 17.0. The first-order chi connectivity index (χ1) is 9.79. The number of hydrogen-bond donors (Lipinski definition) is 1. The van der Waals surface area contributed by atoms with Crippen molar-refractivity contribution in [1.29, 1.82) is 0 Å². The Balaban J connectivity index is 0.000000581. The van der Waals surface area contributed by atoms with Gasteiger partial charge in [-0.1, -0.05) is 32.0 Å². The Morgan fingerprint density at radius 1 is 1.15 bits per heavy atom. The lowest BCUT2D eigenvalue weighted by atomic mass is 9.95. The highest BCUT2D eigenvalue weighted by Crippen LogP contribution is 2.55. The Hall–Kier alpha value is -2.16. The van der Waals surface area contributed by atoms with E-state index in [1.807, 2.05) is 32.2 Å². The maximum absolute atomic E-state index is 11.9. The molecule has 1 spiro atoms. The van der Waals surface area contributed by atoms with E-state index in [-0.39, 0.29) is 11.3 Å². The number of nitrogens with zero attached hydrogens (tertiary/aromatic N) is 1. The molecule has 4 rings (SSSR count). The van der Waals surface area contributed by atoms with Gasteiger partial charge in [0.25, 0.3) is 0 Å². The van der Waals surface area contributed by atoms with Gasteiger partial charge in [0.05, 0.1) is 5.41 Å². The van der Waals surface area contributed by atoms with Crippen molar-refractivity contribution in [1.82, 2.24) is 4.98 Å². The lowest BCUT2D eigenvalue weighted by molar-refractivity contribution is -0.117. The maximum Gasteiger partial charge on any atom is 0.235 e. The van der Waals surface area contributed by atoms with Gasteiger partial charge in [0.15, 0.2) is 0 Å². The first-order valence-electron chi connectivity index (χ1n) is 7.16. The lowest BCUT2D eigenvalue weighted by Gasteiger charge is -2.06. The summed E-state index contributed by atoms with van der Waals surface area (Å²) in [6, 6.07) is 10.2. The molecule has 0 atom stereocenters. The molecule has 1 saturated carbocycles. The summed E-state index contributed by atoms with van der Waals surface area (Å²) in [6.45, 7) is 4.00. The molecule has 1 aliphatic carbocycles. The van der Waals surface area contributed by atoms with E-state index < -0.39 is 0 Å². The van der Waals surface area contributed by atoms with Crippen LogP contribution in [-0.2, 0) is 10.2 Å². The van der Waals surface area contributed by atoms with Crippen molar-refractivity contribution >= 4 is 11.6 Å². The van der Waals surface area contributed by atoms with E-state index in [4.69, 9.17) is 0 Å². The van der Waals surface area contributed by atoms with Crippen LogP contribution in [0.1, 0.15) is 32.3 Å². The second-order valence-electron chi connectivity index (χ2n) is 5.04. The zero-order valence-corrected chi connectivity index (χ0v) is 11.8. The van der Waals surface area contributed by atoms with Gasteiger partial charge in [0.1, 0.15) is 0 Å². The number of pyridine rings is 1. The Labute approximate surface area is 119 Å². The fourth-order valence-corrected chi connectivity index (χ4v) is 2.76. The number of carbonyl (C=O) groups excluding carboxylic acids is 1. The molecule has 2 heterocycles. The van der Waals surface area contributed by atoms with Crippen LogP contribution in [0.15, 0.2) is 42.7 Å². The number of fused-ring (bicyclic) bond motifs is 2. The zero-order valence-electron chi connectivity index (χ0n) is 11.8. The third-order valence-corrected chi connectivity index (χ3v) is 3.96. The summed E-state index contributed by atoms with van der Waals surface area (Å²) >= 11 is 0. The summed E-state index contributed by atoms with van der Waals surface area (Å²) in [7, 11) is 0. The lowest BCUT2D eigenvalue weighted by Crippen LogP contribution is -2.18. The summed E-state index contributed by atoms with van der Waals surface area (Å²) in [5.41, 5.74) is 4.12. The van der Waals surface area contributed by atoms with E-state index in [0.29, 0.717) is 0 Å². The van der Waals surface area contributed by atoms with E-state index in [0.717, 1.165) is 29.7 Å². The molecular formula is C17H18N2O. The molecule has 20 heavy (non-hydrogen) atoms. The quantitative estimate of drug-likeness (QED) is 0.854. The second kappa shape index (κ2) is 4.75. The molecule has 1 aliphatic heterocycles. The minimum Gasteiger partial charge on any atom is -0.325 e. The predicted octanol–water partition coefficient (Wildman–Crippen LogP) is 3.76. The summed E-state index contributed by atoms with van der Waals surface area (Å²) in [5.74, 6) is 0.167. The van der Waals surface area contributed by atoms with Crippen LogP contribution in [0, 0.1) is 0 Å². The van der Waals surface area contributed by atoms with E-state index in [1.165, 1.54) is 5.56 Å².